The van der Waals surface area contributed by atoms with E-state index in [1.807, 2.05) is 6.07 Å². The Morgan fingerprint density at radius 3 is 2.30 bits per heavy atom. The zero-order valence-corrected chi connectivity index (χ0v) is 17.2. The molecular weight excluding hydrogens is 401 g/mol. The van der Waals surface area contributed by atoms with Gasteiger partial charge in [0.25, 0.3) is 5.91 Å². The maximum atomic E-state index is 12.9. The number of carbonyl (C=O) groups excluding carboxylic acids is 1. The smallest absolute Gasteiger partial charge is 0.251 e. The van der Waals surface area contributed by atoms with Crippen molar-refractivity contribution in [3.05, 3.63) is 101 Å². The molecule has 0 aliphatic carbocycles. The first-order chi connectivity index (χ1) is 14.3. The predicted molar refractivity (Wildman–Crippen MR) is 114 cm³/mol. The highest BCUT2D eigenvalue weighted by molar-refractivity contribution is 7.90. The summed E-state index contributed by atoms with van der Waals surface area (Å²) in [6.07, 6.45) is 1.64. The normalized spacial score (nSPS) is 10.7. The van der Waals surface area contributed by atoms with Crippen LogP contribution >= 0.6 is 0 Å². The van der Waals surface area contributed by atoms with Gasteiger partial charge in [-0.2, -0.15) is 0 Å². The minimum absolute atomic E-state index is 0.240. The number of nitrogens with one attached hydrogen (secondary N) is 1. The molecular formula is C24H20FNO3S. The number of halogens is 1. The average molecular weight is 421 g/mol. The number of carbonyl (C=O) groups is 1. The molecule has 0 aliphatic heterocycles. The topological polar surface area (TPSA) is 63.2 Å². The molecule has 0 heterocycles. The highest BCUT2D eigenvalue weighted by atomic mass is 32.2. The molecule has 30 heavy (non-hydrogen) atoms. The van der Waals surface area contributed by atoms with Crippen molar-refractivity contribution >= 4 is 15.7 Å². The second-order valence-electron chi connectivity index (χ2n) is 6.78. The molecule has 0 bridgehead atoms. The second kappa shape index (κ2) is 9.38. The number of hydrogen-bond acceptors (Lipinski definition) is 3. The van der Waals surface area contributed by atoms with E-state index in [0.717, 1.165) is 17.4 Å². The second-order valence-corrected chi connectivity index (χ2v) is 8.80. The van der Waals surface area contributed by atoms with Crippen LogP contribution in [0.25, 0.3) is 0 Å². The summed E-state index contributed by atoms with van der Waals surface area (Å²) in [6.45, 7) is 0.281. The number of rotatable bonds is 5. The van der Waals surface area contributed by atoms with Crippen LogP contribution in [0.5, 0.6) is 0 Å². The Bertz CT molecular complexity index is 1210. The molecule has 1 amide bonds. The first-order valence-electron chi connectivity index (χ1n) is 9.22. The summed E-state index contributed by atoms with van der Waals surface area (Å²) in [5.74, 6) is 5.52. The van der Waals surface area contributed by atoms with Gasteiger partial charge in [0.1, 0.15) is 5.82 Å². The van der Waals surface area contributed by atoms with Gasteiger partial charge in [0.05, 0.1) is 4.90 Å². The third-order valence-electron chi connectivity index (χ3n) is 4.37. The Morgan fingerprint density at radius 1 is 0.967 bits per heavy atom. The lowest BCUT2D eigenvalue weighted by atomic mass is 10.1. The van der Waals surface area contributed by atoms with Gasteiger partial charge >= 0.3 is 0 Å². The molecule has 0 saturated heterocycles. The first-order valence-corrected chi connectivity index (χ1v) is 11.1. The number of sulfone groups is 1. The Hall–Kier alpha value is -3.43. The molecule has 3 rings (SSSR count). The number of benzene rings is 3. The van der Waals surface area contributed by atoms with Gasteiger partial charge in [-0.25, -0.2) is 12.8 Å². The summed E-state index contributed by atoms with van der Waals surface area (Å²) < 4.78 is 35.9. The minimum Gasteiger partial charge on any atom is -0.348 e. The average Bonchev–Trinajstić information content (AvgIpc) is 2.73. The fourth-order valence-corrected chi connectivity index (χ4v) is 3.36. The Balaban J connectivity index is 1.60. The van der Waals surface area contributed by atoms with Crippen molar-refractivity contribution in [1.82, 2.24) is 5.32 Å². The summed E-state index contributed by atoms with van der Waals surface area (Å²) in [4.78, 5) is 12.7. The van der Waals surface area contributed by atoms with Crippen molar-refractivity contribution in [3.8, 4) is 11.8 Å². The highest BCUT2D eigenvalue weighted by Gasteiger charge is 2.08. The van der Waals surface area contributed by atoms with Crippen LogP contribution in [0.2, 0.25) is 0 Å². The van der Waals surface area contributed by atoms with Gasteiger partial charge in [0.15, 0.2) is 9.84 Å². The molecule has 0 aromatic heterocycles. The van der Waals surface area contributed by atoms with Crippen LogP contribution in [0.1, 0.15) is 27.0 Å². The molecule has 0 spiro atoms. The summed E-state index contributed by atoms with van der Waals surface area (Å²) in [6, 6.07) is 19.6. The molecule has 0 saturated carbocycles. The monoisotopic (exact) mass is 421 g/mol. The van der Waals surface area contributed by atoms with Gasteiger partial charge in [0, 0.05) is 30.3 Å². The predicted octanol–water partition coefficient (Wildman–Crippen LogP) is 3.75. The Kier molecular flexibility index (Phi) is 6.65. The van der Waals surface area contributed by atoms with Gasteiger partial charge in [0.2, 0.25) is 0 Å². The lowest BCUT2D eigenvalue weighted by Gasteiger charge is -2.07. The zero-order chi connectivity index (χ0) is 21.6. The van der Waals surface area contributed by atoms with E-state index in [1.54, 1.807) is 42.5 Å². The zero-order valence-electron chi connectivity index (χ0n) is 16.4. The van der Waals surface area contributed by atoms with E-state index in [-0.39, 0.29) is 23.2 Å². The van der Waals surface area contributed by atoms with Gasteiger partial charge in [-0.3, -0.25) is 4.79 Å². The van der Waals surface area contributed by atoms with Crippen molar-refractivity contribution in [2.45, 2.75) is 17.9 Å². The SMILES string of the molecule is CS(=O)(=O)c1ccc(CNC(=O)c2cccc(C#CCc3ccc(F)cc3)c2)cc1. The van der Waals surface area contributed by atoms with Crippen molar-refractivity contribution in [3.63, 3.8) is 0 Å². The molecule has 0 radical (unpaired) electrons. The Morgan fingerprint density at radius 2 is 1.63 bits per heavy atom. The highest BCUT2D eigenvalue weighted by Crippen LogP contribution is 2.11. The van der Waals surface area contributed by atoms with E-state index in [0.29, 0.717) is 17.5 Å². The molecule has 0 atom stereocenters. The van der Waals surface area contributed by atoms with Crippen LogP contribution in [0.3, 0.4) is 0 Å². The summed E-state index contributed by atoms with van der Waals surface area (Å²) in [5.41, 5.74) is 2.91. The van der Waals surface area contributed by atoms with Crippen molar-refractivity contribution in [2.24, 2.45) is 0 Å². The molecule has 0 aliphatic rings. The molecule has 0 fully saturated rings. The van der Waals surface area contributed by atoms with E-state index >= 15 is 0 Å². The van der Waals surface area contributed by atoms with E-state index in [9.17, 15) is 17.6 Å². The van der Waals surface area contributed by atoms with E-state index in [2.05, 4.69) is 17.2 Å². The van der Waals surface area contributed by atoms with E-state index in [4.69, 9.17) is 0 Å². The van der Waals surface area contributed by atoms with Crippen LogP contribution in [-0.4, -0.2) is 20.6 Å². The molecule has 3 aromatic carbocycles. The van der Waals surface area contributed by atoms with Crippen LogP contribution in [0, 0.1) is 17.7 Å². The van der Waals surface area contributed by atoms with Gasteiger partial charge in [-0.15, -0.1) is 0 Å². The fraction of sp³-hybridized carbons (Fsp3) is 0.125. The van der Waals surface area contributed by atoms with Crippen LogP contribution in [0.4, 0.5) is 4.39 Å². The van der Waals surface area contributed by atoms with Crippen LogP contribution in [-0.2, 0) is 22.8 Å². The molecule has 1 N–H and O–H groups in total. The van der Waals surface area contributed by atoms with Crippen molar-refractivity contribution in [2.75, 3.05) is 6.26 Å². The van der Waals surface area contributed by atoms with E-state index in [1.165, 1.54) is 24.3 Å². The van der Waals surface area contributed by atoms with Crippen LogP contribution < -0.4 is 5.32 Å². The van der Waals surface area contributed by atoms with Gasteiger partial charge in [-0.1, -0.05) is 42.2 Å². The van der Waals surface area contributed by atoms with Gasteiger partial charge < -0.3 is 5.32 Å². The number of amides is 1. The first kappa shape index (κ1) is 21.3. The number of hydrogen-bond donors (Lipinski definition) is 1. The molecule has 6 heteroatoms. The fourth-order valence-electron chi connectivity index (χ4n) is 2.73. The van der Waals surface area contributed by atoms with Crippen LogP contribution in [0.15, 0.2) is 77.7 Å². The summed E-state index contributed by atoms with van der Waals surface area (Å²) in [5, 5.41) is 2.82. The third kappa shape index (κ3) is 6.03. The molecule has 3 aromatic rings. The molecule has 0 unspecified atom stereocenters. The lowest BCUT2D eigenvalue weighted by molar-refractivity contribution is 0.0951. The molecule has 152 valence electrons. The quantitative estimate of drug-likeness (QED) is 0.638. The third-order valence-corrected chi connectivity index (χ3v) is 5.50. The standard InChI is InChI=1S/C24H20FNO3S/c1-30(28,29)23-14-10-20(11-15-23)17-26-24(27)21-7-3-6-19(16-21)5-2-4-18-8-12-22(25)13-9-18/h3,6-16H,4,17H2,1H3,(H,26,27). The van der Waals surface area contributed by atoms with Crippen molar-refractivity contribution < 1.29 is 17.6 Å². The van der Waals surface area contributed by atoms with Gasteiger partial charge in [-0.05, 0) is 53.6 Å². The summed E-state index contributed by atoms with van der Waals surface area (Å²) >= 11 is 0. The van der Waals surface area contributed by atoms with E-state index < -0.39 is 9.84 Å². The lowest BCUT2D eigenvalue weighted by Crippen LogP contribution is -2.22. The van der Waals surface area contributed by atoms with Crippen molar-refractivity contribution in [1.29, 1.82) is 0 Å². The molecule has 4 nitrogen and oxygen atoms in total. The minimum atomic E-state index is -3.24. The summed E-state index contributed by atoms with van der Waals surface area (Å²) in [7, 11) is -3.24. The Labute approximate surface area is 175 Å². The largest absolute Gasteiger partial charge is 0.348 e. The maximum absolute atomic E-state index is 12.9. The maximum Gasteiger partial charge on any atom is 0.251 e.